The summed E-state index contributed by atoms with van der Waals surface area (Å²) < 4.78 is 1.17. The summed E-state index contributed by atoms with van der Waals surface area (Å²) in [4.78, 5) is 14.8. The van der Waals surface area contributed by atoms with Gasteiger partial charge in [-0.25, -0.2) is 9.97 Å². The molecule has 0 aliphatic heterocycles. The molecule has 3 N–H and O–H groups in total. The number of aryl methyl sites for hydroxylation is 1. The Morgan fingerprint density at radius 3 is 2.61 bits per heavy atom. The van der Waals surface area contributed by atoms with Crippen molar-refractivity contribution < 1.29 is 5.11 Å². The monoisotopic (exact) mass is 465 g/mol. The number of rotatable bonds is 7. The van der Waals surface area contributed by atoms with E-state index in [1.54, 1.807) is 11.3 Å². The van der Waals surface area contributed by atoms with Gasteiger partial charge in [-0.2, -0.15) is 4.98 Å². The van der Waals surface area contributed by atoms with Gasteiger partial charge in [0.2, 0.25) is 5.95 Å². The number of aliphatic hydroxyl groups excluding tert-OH is 1. The number of fused-ring (bicyclic) bond motifs is 1. The molecule has 0 bridgehead atoms. The Hall–Kier alpha value is -2.25. The minimum Gasteiger partial charge on any atom is -0.396 e. The number of aromatic nitrogens is 3. The van der Waals surface area contributed by atoms with E-state index < -0.39 is 0 Å². The zero-order chi connectivity index (χ0) is 22.8. The van der Waals surface area contributed by atoms with E-state index in [0.717, 1.165) is 47.0 Å². The van der Waals surface area contributed by atoms with Gasteiger partial charge in [0.15, 0.2) is 0 Å². The second-order valence-electron chi connectivity index (χ2n) is 9.98. The van der Waals surface area contributed by atoms with Gasteiger partial charge in [0, 0.05) is 19.2 Å². The lowest BCUT2D eigenvalue weighted by atomic mass is 9.89. The van der Waals surface area contributed by atoms with Gasteiger partial charge in [-0.3, -0.25) is 0 Å². The fourth-order valence-corrected chi connectivity index (χ4v) is 6.59. The van der Waals surface area contributed by atoms with Crippen LogP contribution in [-0.4, -0.2) is 39.3 Å². The lowest BCUT2D eigenvalue weighted by Gasteiger charge is -2.23. The molecular formula is C26H35N5OS. The Morgan fingerprint density at radius 1 is 1.03 bits per heavy atom. The fourth-order valence-electron chi connectivity index (χ4n) is 5.52. The summed E-state index contributed by atoms with van der Waals surface area (Å²) in [6.07, 6.45) is 8.63. The number of benzene rings is 1. The predicted molar refractivity (Wildman–Crippen MR) is 137 cm³/mol. The van der Waals surface area contributed by atoms with Crippen molar-refractivity contribution >= 4 is 33.3 Å². The standard InChI is InChI=1S/C26H35N5OS/c1-16-12-19(15-32)13-21(16)29-24-23(25-30-20-10-6-7-11-22(20)33-25)17(2)28-26(31-24)27-14-18-8-4-3-5-9-18/h6-7,10-11,16,18-19,21,32H,3-5,8-9,12-15H2,1-2H3,(H2,27,28,29,31)/t16-,19-,21-/m1/s1. The van der Waals surface area contributed by atoms with Gasteiger partial charge < -0.3 is 15.7 Å². The maximum absolute atomic E-state index is 9.69. The van der Waals surface area contributed by atoms with E-state index in [4.69, 9.17) is 15.0 Å². The molecule has 0 spiro atoms. The number of hydrogen-bond donors (Lipinski definition) is 3. The van der Waals surface area contributed by atoms with Crippen LogP contribution in [0.4, 0.5) is 11.8 Å². The first-order valence-electron chi connectivity index (χ1n) is 12.5. The summed E-state index contributed by atoms with van der Waals surface area (Å²) in [6, 6.07) is 8.55. The lowest BCUT2D eigenvalue weighted by Crippen LogP contribution is -2.24. The van der Waals surface area contributed by atoms with Gasteiger partial charge >= 0.3 is 0 Å². The Kier molecular flexibility index (Phi) is 6.79. The van der Waals surface area contributed by atoms with Crippen molar-refractivity contribution in [2.75, 3.05) is 23.8 Å². The predicted octanol–water partition coefficient (Wildman–Crippen LogP) is 5.87. The second-order valence-corrected chi connectivity index (χ2v) is 11.0. The van der Waals surface area contributed by atoms with Crippen molar-refractivity contribution in [1.82, 2.24) is 15.0 Å². The highest BCUT2D eigenvalue weighted by molar-refractivity contribution is 7.21. The molecule has 6 nitrogen and oxygen atoms in total. The van der Waals surface area contributed by atoms with Crippen LogP contribution in [0.25, 0.3) is 20.8 Å². The highest BCUT2D eigenvalue weighted by Gasteiger charge is 2.32. The largest absolute Gasteiger partial charge is 0.396 e. The van der Waals surface area contributed by atoms with Crippen LogP contribution in [0, 0.1) is 24.7 Å². The summed E-state index contributed by atoms with van der Waals surface area (Å²) in [5, 5.41) is 17.9. The van der Waals surface area contributed by atoms with Crippen molar-refractivity contribution in [2.24, 2.45) is 17.8 Å². The minimum absolute atomic E-state index is 0.254. The highest BCUT2D eigenvalue weighted by Crippen LogP contribution is 2.39. The van der Waals surface area contributed by atoms with Crippen LogP contribution in [0.2, 0.25) is 0 Å². The normalized spacial score (nSPS) is 23.8. The first kappa shape index (κ1) is 22.5. The molecule has 0 amide bonds. The van der Waals surface area contributed by atoms with E-state index in [0.29, 0.717) is 23.7 Å². The maximum Gasteiger partial charge on any atom is 0.224 e. The van der Waals surface area contributed by atoms with E-state index in [-0.39, 0.29) is 12.6 Å². The fraction of sp³-hybridized carbons (Fsp3) is 0.577. The molecule has 2 aliphatic carbocycles. The molecule has 0 radical (unpaired) electrons. The Labute approximate surface area is 200 Å². The third kappa shape index (κ3) is 4.99. The number of aliphatic hydroxyl groups is 1. The van der Waals surface area contributed by atoms with E-state index in [2.05, 4.69) is 42.7 Å². The molecule has 2 aromatic heterocycles. The zero-order valence-corrected chi connectivity index (χ0v) is 20.5. The van der Waals surface area contributed by atoms with Crippen LogP contribution in [0.15, 0.2) is 24.3 Å². The van der Waals surface area contributed by atoms with Crippen molar-refractivity contribution in [3.63, 3.8) is 0 Å². The Bertz CT molecular complexity index is 1060. The van der Waals surface area contributed by atoms with Crippen molar-refractivity contribution in [3.05, 3.63) is 30.0 Å². The summed E-state index contributed by atoms with van der Waals surface area (Å²) >= 11 is 1.69. The molecule has 1 aromatic carbocycles. The Balaban J connectivity index is 1.46. The molecule has 33 heavy (non-hydrogen) atoms. The molecule has 2 heterocycles. The third-order valence-corrected chi connectivity index (χ3v) is 8.48. The number of thiazole rings is 1. The van der Waals surface area contributed by atoms with Gasteiger partial charge in [0.1, 0.15) is 10.8 Å². The molecule has 3 aromatic rings. The molecule has 176 valence electrons. The molecule has 2 aliphatic rings. The first-order valence-corrected chi connectivity index (χ1v) is 13.3. The van der Waals surface area contributed by atoms with Crippen molar-refractivity contribution in [3.8, 4) is 10.6 Å². The van der Waals surface area contributed by atoms with E-state index in [1.165, 1.54) is 36.8 Å². The molecule has 3 atom stereocenters. The number of nitrogens with one attached hydrogen (secondary N) is 2. The molecule has 0 unspecified atom stereocenters. The van der Waals surface area contributed by atoms with E-state index >= 15 is 0 Å². The molecular weight excluding hydrogens is 430 g/mol. The third-order valence-electron chi connectivity index (χ3n) is 7.43. The topological polar surface area (TPSA) is 83.0 Å². The van der Waals surface area contributed by atoms with Crippen LogP contribution in [-0.2, 0) is 0 Å². The SMILES string of the molecule is Cc1nc(NCC2CCCCC2)nc(N[C@@H]2C[C@H](CO)C[C@H]2C)c1-c1nc2ccccc2s1. The van der Waals surface area contributed by atoms with E-state index in [1.807, 2.05) is 6.07 Å². The summed E-state index contributed by atoms with van der Waals surface area (Å²) in [7, 11) is 0. The molecule has 5 rings (SSSR count). The van der Waals surface area contributed by atoms with Gasteiger partial charge in [0.05, 0.1) is 21.5 Å². The molecule has 2 fully saturated rings. The van der Waals surface area contributed by atoms with Crippen molar-refractivity contribution in [1.29, 1.82) is 0 Å². The number of nitrogens with zero attached hydrogens (tertiary/aromatic N) is 3. The van der Waals surface area contributed by atoms with Gasteiger partial charge in [-0.05, 0) is 62.5 Å². The van der Waals surface area contributed by atoms with Crippen LogP contribution in [0.3, 0.4) is 0 Å². The maximum atomic E-state index is 9.69. The summed E-state index contributed by atoms with van der Waals surface area (Å²) in [5.74, 6) is 3.12. The quantitative estimate of drug-likeness (QED) is 0.405. The second kappa shape index (κ2) is 9.94. The summed E-state index contributed by atoms with van der Waals surface area (Å²) in [6.45, 7) is 5.52. The zero-order valence-electron chi connectivity index (χ0n) is 19.7. The van der Waals surface area contributed by atoms with E-state index in [9.17, 15) is 5.11 Å². The average molecular weight is 466 g/mol. The van der Waals surface area contributed by atoms with Crippen LogP contribution >= 0.6 is 11.3 Å². The average Bonchev–Trinajstić information content (AvgIpc) is 3.41. The van der Waals surface area contributed by atoms with Gasteiger partial charge in [-0.1, -0.05) is 38.3 Å². The summed E-state index contributed by atoms with van der Waals surface area (Å²) in [5.41, 5.74) is 2.96. The van der Waals surface area contributed by atoms with Crippen molar-refractivity contribution in [2.45, 2.75) is 64.8 Å². The lowest BCUT2D eigenvalue weighted by molar-refractivity contribution is 0.226. The smallest absolute Gasteiger partial charge is 0.224 e. The number of anilines is 2. The minimum atomic E-state index is 0.254. The van der Waals surface area contributed by atoms with Gasteiger partial charge in [0.25, 0.3) is 0 Å². The Morgan fingerprint density at radius 2 is 1.85 bits per heavy atom. The van der Waals surface area contributed by atoms with Crippen LogP contribution in [0.1, 0.15) is 57.6 Å². The van der Waals surface area contributed by atoms with Crippen LogP contribution in [0.5, 0.6) is 0 Å². The number of hydrogen-bond acceptors (Lipinski definition) is 7. The highest BCUT2D eigenvalue weighted by atomic mass is 32.1. The van der Waals surface area contributed by atoms with Crippen LogP contribution < -0.4 is 10.6 Å². The molecule has 0 saturated heterocycles. The number of para-hydroxylation sites is 1. The molecule has 7 heteroatoms. The van der Waals surface area contributed by atoms with Gasteiger partial charge in [-0.15, -0.1) is 11.3 Å². The first-order chi connectivity index (χ1) is 16.1. The molecule has 2 saturated carbocycles.